The van der Waals surface area contributed by atoms with Crippen LogP contribution in [0.4, 0.5) is 10.1 Å². The topological polar surface area (TPSA) is 57.8 Å². The van der Waals surface area contributed by atoms with Crippen LogP contribution in [0.3, 0.4) is 0 Å². The lowest BCUT2D eigenvalue weighted by molar-refractivity contribution is 0.102. The van der Waals surface area contributed by atoms with E-state index in [9.17, 15) is 9.18 Å². The van der Waals surface area contributed by atoms with E-state index in [0.717, 1.165) is 16.3 Å². The summed E-state index contributed by atoms with van der Waals surface area (Å²) in [6.07, 6.45) is 0. The average Bonchev–Trinajstić information content (AvgIpc) is 3.14. The maximum atomic E-state index is 13.8. The molecule has 1 heterocycles. The Labute approximate surface area is 153 Å². The van der Waals surface area contributed by atoms with E-state index in [0.29, 0.717) is 10.7 Å². The molecule has 1 aromatic heterocycles. The molecule has 0 fully saturated rings. The standard InChI is InChI=1S/C20H13ClFN3O/c21-13-8-9-16(22)18(10-13)23-20(26)19-11-17(24-25-19)15-7-3-5-12-4-1-2-6-14(12)15/h1-11H,(H,23,26)(H,24,25). The number of hydrogen-bond acceptors (Lipinski definition) is 2. The number of benzene rings is 3. The molecule has 0 aliphatic heterocycles. The molecular weight excluding hydrogens is 353 g/mol. The predicted molar refractivity (Wildman–Crippen MR) is 101 cm³/mol. The number of fused-ring (bicyclic) bond motifs is 1. The fraction of sp³-hybridized carbons (Fsp3) is 0. The number of carbonyl (C=O) groups is 1. The molecule has 0 bridgehead atoms. The summed E-state index contributed by atoms with van der Waals surface area (Å²) < 4.78 is 13.8. The molecule has 1 amide bonds. The normalized spacial score (nSPS) is 10.8. The molecule has 0 unspecified atom stereocenters. The molecule has 0 saturated carbocycles. The Kier molecular flexibility index (Phi) is 4.14. The fourth-order valence-electron chi connectivity index (χ4n) is 2.81. The van der Waals surface area contributed by atoms with Crippen molar-refractivity contribution >= 4 is 34.0 Å². The van der Waals surface area contributed by atoms with E-state index >= 15 is 0 Å². The molecule has 4 rings (SSSR count). The van der Waals surface area contributed by atoms with E-state index < -0.39 is 11.7 Å². The summed E-state index contributed by atoms with van der Waals surface area (Å²) in [7, 11) is 0. The third kappa shape index (κ3) is 3.05. The number of nitrogens with zero attached hydrogens (tertiary/aromatic N) is 1. The number of nitrogens with one attached hydrogen (secondary N) is 2. The maximum absolute atomic E-state index is 13.8. The van der Waals surface area contributed by atoms with Gasteiger partial charge in [0.05, 0.1) is 11.4 Å². The summed E-state index contributed by atoms with van der Waals surface area (Å²) in [5.74, 6) is -1.05. The number of halogens is 2. The minimum atomic E-state index is -0.559. The van der Waals surface area contributed by atoms with Gasteiger partial charge in [0.1, 0.15) is 11.5 Å². The number of amides is 1. The van der Waals surface area contributed by atoms with Gasteiger partial charge in [-0.2, -0.15) is 5.10 Å². The van der Waals surface area contributed by atoms with Gasteiger partial charge in [0.25, 0.3) is 5.91 Å². The molecule has 0 spiro atoms. The first kappa shape index (κ1) is 16.3. The highest BCUT2D eigenvalue weighted by molar-refractivity contribution is 6.31. The van der Waals surface area contributed by atoms with Crippen LogP contribution in [-0.4, -0.2) is 16.1 Å². The van der Waals surface area contributed by atoms with Gasteiger partial charge in [-0.25, -0.2) is 4.39 Å². The number of carbonyl (C=O) groups excluding carboxylic acids is 1. The van der Waals surface area contributed by atoms with Crippen LogP contribution in [0.25, 0.3) is 22.0 Å². The van der Waals surface area contributed by atoms with Gasteiger partial charge in [-0.05, 0) is 35.0 Å². The minimum absolute atomic E-state index is 0.0174. The van der Waals surface area contributed by atoms with Gasteiger partial charge in [-0.1, -0.05) is 54.1 Å². The van der Waals surface area contributed by atoms with Crippen LogP contribution in [0.2, 0.25) is 5.02 Å². The second kappa shape index (κ2) is 6.61. The van der Waals surface area contributed by atoms with Crippen molar-refractivity contribution in [3.05, 3.63) is 83.3 Å². The summed E-state index contributed by atoms with van der Waals surface area (Å²) in [6.45, 7) is 0. The highest BCUT2D eigenvalue weighted by atomic mass is 35.5. The SMILES string of the molecule is O=C(Nc1cc(Cl)ccc1F)c1cc(-c2cccc3ccccc23)n[nH]1. The highest BCUT2D eigenvalue weighted by Gasteiger charge is 2.14. The molecular formula is C20H13ClFN3O. The Bertz CT molecular complexity index is 1120. The Morgan fingerprint density at radius 1 is 1.04 bits per heavy atom. The summed E-state index contributed by atoms with van der Waals surface area (Å²) in [4.78, 5) is 12.4. The summed E-state index contributed by atoms with van der Waals surface area (Å²) in [5.41, 5.74) is 1.79. The maximum Gasteiger partial charge on any atom is 0.273 e. The first-order valence-corrected chi connectivity index (χ1v) is 8.29. The molecule has 4 aromatic rings. The van der Waals surface area contributed by atoms with Gasteiger partial charge in [0.2, 0.25) is 0 Å². The van der Waals surface area contributed by atoms with E-state index in [-0.39, 0.29) is 11.4 Å². The van der Waals surface area contributed by atoms with Crippen molar-refractivity contribution in [2.75, 3.05) is 5.32 Å². The van der Waals surface area contributed by atoms with E-state index in [2.05, 4.69) is 15.5 Å². The Morgan fingerprint density at radius 3 is 2.73 bits per heavy atom. The summed E-state index contributed by atoms with van der Waals surface area (Å²) in [5, 5.41) is 11.9. The van der Waals surface area contributed by atoms with Crippen molar-refractivity contribution in [3.63, 3.8) is 0 Å². The Morgan fingerprint density at radius 2 is 1.85 bits per heavy atom. The van der Waals surface area contributed by atoms with Crippen LogP contribution in [0.1, 0.15) is 10.5 Å². The molecule has 0 saturated heterocycles. The van der Waals surface area contributed by atoms with E-state index in [1.807, 2.05) is 42.5 Å². The Balaban J connectivity index is 1.65. The third-order valence-corrected chi connectivity index (χ3v) is 4.30. The molecule has 26 heavy (non-hydrogen) atoms. The van der Waals surface area contributed by atoms with Crippen LogP contribution in [-0.2, 0) is 0 Å². The van der Waals surface area contributed by atoms with Gasteiger partial charge < -0.3 is 5.32 Å². The van der Waals surface area contributed by atoms with Crippen LogP contribution < -0.4 is 5.32 Å². The average molecular weight is 366 g/mol. The number of H-pyrrole nitrogens is 1. The molecule has 2 N–H and O–H groups in total. The van der Waals surface area contributed by atoms with E-state index in [4.69, 9.17) is 11.6 Å². The number of rotatable bonds is 3. The number of aromatic amines is 1. The zero-order valence-electron chi connectivity index (χ0n) is 13.5. The first-order valence-electron chi connectivity index (χ1n) is 7.92. The molecule has 0 atom stereocenters. The third-order valence-electron chi connectivity index (χ3n) is 4.06. The largest absolute Gasteiger partial charge is 0.318 e. The van der Waals surface area contributed by atoms with Gasteiger partial charge in [0.15, 0.2) is 0 Å². The zero-order valence-corrected chi connectivity index (χ0v) is 14.2. The molecule has 0 aliphatic rings. The number of aromatic nitrogens is 2. The summed E-state index contributed by atoms with van der Waals surface area (Å²) in [6, 6.07) is 19.4. The van der Waals surface area contributed by atoms with Crippen LogP contribution in [0.5, 0.6) is 0 Å². The second-order valence-electron chi connectivity index (χ2n) is 5.77. The van der Waals surface area contributed by atoms with Crippen LogP contribution in [0, 0.1) is 5.82 Å². The summed E-state index contributed by atoms with van der Waals surface area (Å²) >= 11 is 5.85. The Hall–Kier alpha value is -3.18. The molecule has 6 heteroatoms. The zero-order chi connectivity index (χ0) is 18.1. The minimum Gasteiger partial charge on any atom is -0.318 e. The lowest BCUT2D eigenvalue weighted by Crippen LogP contribution is -2.13. The molecule has 3 aromatic carbocycles. The van der Waals surface area contributed by atoms with Crippen molar-refractivity contribution in [2.45, 2.75) is 0 Å². The van der Waals surface area contributed by atoms with Crippen molar-refractivity contribution < 1.29 is 9.18 Å². The fourth-order valence-corrected chi connectivity index (χ4v) is 2.98. The van der Waals surface area contributed by atoms with Crippen LogP contribution >= 0.6 is 11.6 Å². The number of anilines is 1. The second-order valence-corrected chi connectivity index (χ2v) is 6.21. The van der Waals surface area contributed by atoms with E-state index in [1.54, 1.807) is 6.07 Å². The van der Waals surface area contributed by atoms with E-state index in [1.165, 1.54) is 18.2 Å². The first-order chi connectivity index (χ1) is 12.6. The lowest BCUT2D eigenvalue weighted by atomic mass is 10.0. The van der Waals surface area contributed by atoms with Crippen LogP contribution in [0.15, 0.2) is 66.7 Å². The molecule has 128 valence electrons. The van der Waals surface area contributed by atoms with Crippen molar-refractivity contribution in [1.82, 2.24) is 10.2 Å². The monoisotopic (exact) mass is 365 g/mol. The smallest absolute Gasteiger partial charge is 0.273 e. The van der Waals surface area contributed by atoms with Gasteiger partial charge in [-0.15, -0.1) is 0 Å². The number of hydrogen-bond donors (Lipinski definition) is 2. The van der Waals surface area contributed by atoms with Gasteiger partial charge >= 0.3 is 0 Å². The van der Waals surface area contributed by atoms with Gasteiger partial charge in [0, 0.05) is 10.6 Å². The highest BCUT2D eigenvalue weighted by Crippen LogP contribution is 2.28. The predicted octanol–water partition coefficient (Wildman–Crippen LogP) is 5.27. The lowest BCUT2D eigenvalue weighted by Gasteiger charge is -2.05. The molecule has 4 nitrogen and oxygen atoms in total. The van der Waals surface area contributed by atoms with Crippen molar-refractivity contribution in [1.29, 1.82) is 0 Å². The van der Waals surface area contributed by atoms with Crippen molar-refractivity contribution in [2.24, 2.45) is 0 Å². The molecule has 0 radical (unpaired) electrons. The quantitative estimate of drug-likeness (QED) is 0.519. The van der Waals surface area contributed by atoms with Gasteiger partial charge in [-0.3, -0.25) is 9.89 Å². The molecule has 0 aliphatic carbocycles. The van der Waals surface area contributed by atoms with Crippen molar-refractivity contribution in [3.8, 4) is 11.3 Å².